The quantitative estimate of drug-likeness (QED) is 0.709. The summed E-state index contributed by atoms with van der Waals surface area (Å²) < 4.78 is 35.6. The molecule has 2 unspecified atom stereocenters. The van der Waals surface area contributed by atoms with Gasteiger partial charge in [-0.3, -0.25) is 13.8 Å². The van der Waals surface area contributed by atoms with E-state index in [9.17, 15) is 18.5 Å². The number of fused-ring (bicyclic) bond motifs is 1. The van der Waals surface area contributed by atoms with Gasteiger partial charge in [-0.2, -0.15) is 0 Å². The van der Waals surface area contributed by atoms with Crippen molar-refractivity contribution in [2.75, 3.05) is 23.9 Å². The van der Waals surface area contributed by atoms with E-state index in [1.54, 1.807) is 0 Å². The zero-order valence-corrected chi connectivity index (χ0v) is 13.7. The van der Waals surface area contributed by atoms with Crippen molar-refractivity contribution >= 4 is 22.8 Å². The Morgan fingerprint density at radius 3 is 2.92 bits per heavy atom. The van der Waals surface area contributed by atoms with Crippen molar-refractivity contribution in [2.45, 2.75) is 25.4 Å². The highest BCUT2D eigenvalue weighted by Crippen LogP contribution is 2.42. The van der Waals surface area contributed by atoms with Crippen LogP contribution in [0.4, 0.5) is 10.1 Å². The van der Waals surface area contributed by atoms with Crippen molar-refractivity contribution in [2.24, 2.45) is 5.92 Å². The molecule has 3 aliphatic rings. The number of benzene rings is 1. The molecule has 130 valence electrons. The monoisotopic (exact) mass is 355 g/mol. The highest BCUT2D eigenvalue weighted by atomic mass is 32.2. The van der Waals surface area contributed by atoms with Gasteiger partial charge in [0.15, 0.2) is 5.82 Å². The lowest BCUT2D eigenvalue weighted by atomic mass is 10.1. The van der Waals surface area contributed by atoms with Crippen molar-refractivity contribution in [1.29, 1.82) is 0 Å². The predicted molar refractivity (Wildman–Crippen MR) is 85.4 cm³/mol. The lowest BCUT2D eigenvalue weighted by Crippen LogP contribution is -2.31. The maximum absolute atomic E-state index is 14.8. The number of hydrogen-bond acceptors (Lipinski definition) is 5. The molecule has 1 aromatic rings. The number of carbonyl (C=O) groups excluding carboxylic acids is 1. The van der Waals surface area contributed by atoms with E-state index in [0.29, 0.717) is 24.3 Å². The molecule has 2 fully saturated rings. The van der Waals surface area contributed by atoms with Crippen LogP contribution >= 0.6 is 0 Å². The normalized spacial score (nSPS) is 25.5. The van der Waals surface area contributed by atoms with Crippen LogP contribution in [0.3, 0.4) is 0 Å². The molecule has 9 heteroatoms. The first kappa shape index (κ1) is 15.6. The minimum atomic E-state index is -1.89. The highest BCUT2D eigenvalue weighted by molar-refractivity contribution is 7.85. The fourth-order valence-corrected chi connectivity index (χ4v) is 3.99. The number of hydrogen-bond donors (Lipinski definition) is 3. The second kappa shape index (κ2) is 5.89. The van der Waals surface area contributed by atoms with Crippen LogP contribution < -0.4 is 19.1 Å². The van der Waals surface area contributed by atoms with Gasteiger partial charge in [0.25, 0.3) is 5.91 Å². The minimum absolute atomic E-state index is 0.202. The first-order valence-corrected chi connectivity index (χ1v) is 9.04. The molecule has 7 nitrogen and oxygen atoms in total. The molecule has 0 spiro atoms. The Morgan fingerprint density at radius 1 is 1.46 bits per heavy atom. The van der Waals surface area contributed by atoms with Crippen LogP contribution in [0, 0.1) is 11.7 Å². The van der Waals surface area contributed by atoms with Gasteiger partial charge < -0.3 is 15.2 Å². The lowest BCUT2D eigenvalue weighted by molar-refractivity contribution is -0.117. The van der Waals surface area contributed by atoms with E-state index in [0.717, 1.165) is 16.8 Å². The zero-order chi connectivity index (χ0) is 16.8. The number of phenolic OH excluding ortho intramolecular Hbond substituents is 1. The number of amides is 1. The average molecular weight is 355 g/mol. The number of halogens is 1. The third-order valence-corrected chi connectivity index (χ3v) is 5.56. The number of carbonyl (C=O) groups is 1. The molecular weight excluding hydrogens is 337 g/mol. The van der Waals surface area contributed by atoms with Gasteiger partial charge in [0.05, 0.1) is 0 Å². The molecule has 0 aromatic heterocycles. The van der Waals surface area contributed by atoms with Crippen LogP contribution in [-0.2, 0) is 22.4 Å². The average Bonchev–Trinajstić information content (AvgIpc) is 3.16. The van der Waals surface area contributed by atoms with Gasteiger partial charge in [-0.1, -0.05) is 0 Å². The number of ether oxygens (including phenoxy) is 1. The molecule has 1 saturated carbocycles. The summed E-state index contributed by atoms with van der Waals surface area (Å²) in [6.07, 6.45) is 2.68. The number of nitrogens with one attached hydrogen (secondary N) is 2. The van der Waals surface area contributed by atoms with Gasteiger partial charge in [0.2, 0.25) is 11.2 Å². The first-order chi connectivity index (χ1) is 11.5. The molecule has 4 rings (SSSR count). The van der Waals surface area contributed by atoms with Gasteiger partial charge >= 0.3 is 0 Å². The van der Waals surface area contributed by atoms with E-state index in [-0.39, 0.29) is 24.1 Å². The smallest absolute Gasteiger partial charge is 0.253 e. The Labute approximate surface area is 140 Å². The van der Waals surface area contributed by atoms with Crippen LogP contribution in [0.15, 0.2) is 6.07 Å². The molecular formula is C15H18FN3O4S. The fraction of sp³-hybridized carbons (Fsp3) is 0.533. The summed E-state index contributed by atoms with van der Waals surface area (Å²) in [6, 6.07) is 1.33. The van der Waals surface area contributed by atoms with Gasteiger partial charge in [-0.05, 0) is 25.3 Å². The van der Waals surface area contributed by atoms with Crippen molar-refractivity contribution in [1.82, 2.24) is 10.0 Å². The summed E-state index contributed by atoms with van der Waals surface area (Å²) in [4.78, 5) is 11.3. The molecule has 1 amide bonds. The Hall–Kier alpha value is -1.87. The van der Waals surface area contributed by atoms with E-state index >= 15 is 0 Å². The third-order valence-electron chi connectivity index (χ3n) is 4.45. The minimum Gasteiger partial charge on any atom is -0.505 e. The van der Waals surface area contributed by atoms with E-state index in [4.69, 9.17) is 4.74 Å². The molecule has 2 aliphatic heterocycles. The topological polar surface area (TPSA) is 90.9 Å². The standard InChI is InChI=1S/C15H18FN3O4S/c16-14-10-3-9(6-17-5-8-1-2-8)23-12(10)4-11(20)15(14)19-7-13(21)18-24(19)22/h4,8-9,17,20H,1-3,5-7H2,(H,18,21). The van der Waals surface area contributed by atoms with Gasteiger partial charge in [0.1, 0.15) is 29.8 Å². The first-order valence-electron chi connectivity index (χ1n) is 7.93. The van der Waals surface area contributed by atoms with Crippen LogP contribution in [-0.4, -0.2) is 41.0 Å². The number of nitrogens with zero attached hydrogens (tertiary/aromatic N) is 1. The Kier molecular flexibility index (Phi) is 3.84. The van der Waals surface area contributed by atoms with E-state index < -0.39 is 22.9 Å². The van der Waals surface area contributed by atoms with Crippen molar-refractivity contribution in [3.05, 3.63) is 17.4 Å². The van der Waals surface area contributed by atoms with Crippen LogP contribution in [0.2, 0.25) is 0 Å². The number of anilines is 1. The molecule has 2 heterocycles. The summed E-state index contributed by atoms with van der Waals surface area (Å²) in [5.74, 6) is -0.499. The van der Waals surface area contributed by atoms with Gasteiger partial charge in [-0.15, -0.1) is 0 Å². The number of phenols is 1. The summed E-state index contributed by atoms with van der Waals surface area (Å²) in [5, 5.41) is 13.4. The Balaban J connectivity index is 1.53. The Morgan fingerprint density at radius 2 is 2.25 bits per heavy atom. The summed E-state index contributed by atoms with van der Waals surface area (Å²) >= 11 is -1.89. The van der Waals surface area contributed by atoms with E-state index in [1.807, 2.05) is 0 Å². The molecule has 0 radical (unpaired) electrons. The lowest BCUT2D eigenvalue weighted by Gasteiger charge is -2.17. The summed E-state index contributed by atoms with van der Waals surface area (Å²) in [5.41, 5.74) is 0.123. The summed E-state index contributed by atoms with van der Waals surface area (Å²) in [7, 11) is 0. The summed E-state index contributed by atoms with van der Waals surface area (Å²) in [6.45, 7) is 1.29. The largest absolute Gasteiger partial charge is 0.505 e. The highest BCUT2D eigenvalue weighted by Gasteiger charge is 2.36. The molecule has 24 heavy (non-hydrogen) atoms. The zero-order valence-electron chi connectivity index (χ0n) is 12.9. The van der Waals surface area contributed by atoms with Crippen LogP contribution in [0.5, 0.6) is 11.5 Å². The Bertz CT molecular complexity index is 725. The fourth-order valence-electron chi connectivity index (χ4n) is 3.04. The predicted octanol–water partition coefficient (Wildman–Crippen LogP) is 0.349. The van der Waals surface area contributed by atoms with Gasteiger partial charge in [0, 0.05) is 24.6 Å². The maximum atomic E-state index is 14.8. The van der Waals surface area contributed by atoms with Crippen molar-refractivity contribution in [3.63, 3.8) is 0 Å². The molecule has 1 saturated heterocycles. The van der Waals surface area contributed by atoms with Crippen LogP contribution in [0.1, 0.15) is 18.4 Å². The maximum Gasteiger partial charge on any atom is 0.253 e. The SMILES string of the molecule is O=C1CN(c2c(O)cc3c(c2F)CC(CNCC2CC2)O3)S(=O)N1. The van der Waals surface area contributed by atoms with Crippen molar-refractivity contribution in [3.8, 4) is 11.5 Å². The number of rotatable bonds is 5. The van der Waals surface area contributed by atoms with Crippen molar-refractivity contribution < 1.29 is 23.2 Å². The third kappa shape index (κ3) is 2.82. The second-order valence-corrected chi connectivity index (χ2v) is 7.53. The molecule has 0 bridgehead atoms. The van der Waals surface area contributed by atoms with Gasteiger partial charge in [-0.25, -0.2) is 8.60 Å². The number of aromatic hydroxyl groups is 1. The molecule has 3 N–H and O–H groups in total. The van der Waals surface area contributed by atoms with E-state index in [2.05, 4.69) is 10.0 Å². The van der Waals surface area contributed by atoms with E-state index in [1.165, 1.54) is 18.9 Å². The molecule has 1 aliphatic carbocycles. The second-order valence-electron chi connectivity index (χ2n) is 6.39. The molecule has 2 atom stereocenters. The molecule has 1 aromatic carbocycles. The van der Waals surface area contributed by atoms with Crippen LogP contribution in [0.25, 0.3) is 0 Å².